The van der Waals surface area contributed by atoms with E-state index in [-0.39, 0.29) is 0 Å². The standard InChI is InChI=1S/C42H36Cl2N6/c1-3-36-38(43)40(39(44)37(4-2)46-36)45-28-29-24-26-30(27-25-29)34-22-14-15-23-35(34)41-47-49-50(48-41)42(31-16-8-5-9-17-31,32-18-10-6-11-19-32)33-20-12-7-13-21-33/h5-27H,3-4,28H2,1-2H3,(H,45,46). The van der Waals surface area contributed by atoms with Crippen molar-refractivity contribution in [3.63, 3.8) is 0 Å². The number of rotatable bonds is 11. The van der Waals surface area contributed by atoms with Gasteiger partial charge < -0.3 is 5.32 Å². The number of pyridine rings is 1. The third kappa shape index (κ3) is 6.17. The van der Waals surface area contributed by atoms with E-state index in [1.54, 1.807) is 4.80 Å². The molecule has 0 bridgehead atoms. The number of anilines is 1. The van der Waals surface area contributed by atoms with Crippen molar-refractivity contribution in [2.75, 3.05) is 5.32 Å². The van der Waals surface area contributed by atoms with Gasteiger partial charge in [-0.05, 0) is 51.4 Å². The topological polar surface area (TPSA) is 68.5 Å². The van der Waals surface area contributed by atoms with Crippen molar-refractivity contribution in [3.8, 4) is 22.5 Å². The number of hydrogen-bond acceptors (Lipinski definition) is 5. The first-order chi connectivity index (χ1) is 24.5. The van der Waals surface area contributed by atoms with Gasteiger partial charge >= 0.3 is 0 Å². The van der Waals surface area contributed by atoms with Crippen molar-refractivity contribution in [1.82, 2.24) is 25.2 Å². The summed E-state index contributed by atoms with van der Waals surface area (Å²) in [6, 6.07) is 47.7. The zero-order valence-electron chi connectivity index (χ0n) is 27.9. The Morgan fingerprint density at radius 3 is 1.58 bits per heavy atom. The predicted octanol–water partition coefficient (Wildman–Crippen LogP) is 10.3. The molecule has 6 nitrogen and oxygen atoms in total. The van der Waals surface area contributed by atoms with Crippen molar-refractivity contribution in [2.45, 2.75) is 38.8 Å². The zero-order chi connectivity index (χ0) is 34.5. The first-order valence-corrected chi connectivity index (χ1v) is 17.6. The molecule has 2 aromatic heterocycles. The minimum Gasteiger partial charge on any atom is -0.378 e. The minimum atomic E-state index is -0.852. The molecular formula is C42H36Cl2N6. The summed E-state index contributed by atoms with van der Waals surface area (Å²) in [5, 5.41) is 19.2. The molecule has 2 heterocycles. The third-order valence-electron chi connectivity index (χ3n) is 9.08. The van der Waals surface area contributed by atoms with Crippen LogP contribution in [-0.4, -0.2) is 25.2 Å². The van der Waals surface area contributed by atoms with E-state index < -0.39 is 5.54 Å². The van der Waals surface area contributed by atoms with Crippen molar-refractivity contribution >= 4 is 28.9 Å². The number of hydrogen-bond donors (Lipinski definition) is 1. The van der Waals surface area contributed by atoms with Crippen LogP contribution < -0.4 is 5.32 Å². The van der Waals surface area contributed by atoms with Crippen LogP contribution in [0, 0.1) is 0 Å². The molecule has 0 saturated carbocycles. The highest BCUT2D eigenvalue weighted by molar-refractivity contribution is 6.39. The van der Waals surface area contributed by atoms with E-state index in [0.717, 1.165) is 68.9 Å². The number of benzene rings is 5. The molecule has 0 spiro atoms. The van der Waals surface area contributed by atoms with E-state index in [4.69, 9.17) is 38.6 Å². The zero-order valence-corrected chi connectivity index (χ0v) is 29.4. The second-order valence-electron chi connectivity index (χ2n) is 12.0. The monoisotopic (exact) mass is 694 g/mol. The Hall–Kier alpha value is -5.30. The molecule has 1 N–H and O–H groups in total. The molecule has 0 saturated heterocycles. The second-order valence-corrected chi connectivity index (χ2v) is 12.8. The molecule has 8 heteroatoms. The second kappa shape index (κ2) is 14.7. The number of tetrazole rings is 1. The molecule has 5 aromatic carbocycles. The number of halogens is 2. The largest absolute Gasteiger partial charge is 0.378 e. The summed E-state index contributed by atoms with van der Waals surface area (Å²) >= 11 is 13.4. The molecule has 0 aliphatic carbocycles. The Balaban J connectivity index is 1.24. The molecule has 0 fully saturated rings. The Bertz CT molecular complexity index is 2080. The average molecular weight is 696 g/mol. The van der Waals surface area contributed by atoms with Gasteiger partial charge in [0, 0.05) is 12.1 Å². The molecule has 0 amide bonds. The van der Waals surface area contributed by atoms with Gasteiger partial charge in [0.2, 0.25) is 5.82 Å². The van der Waals surface area contributed by atoms with Crippen LogP contribution in [0.2, 0.25) is 10.0 Å². The van der Waals surface area contributed by atoms with E-state index in [9.17, 15) is 0 Å². The molecule has 0 radical (unpaired) electrons. The molecule has 7 rings (SSSR count). The fourth-order valence-corrected chi connectivity index (χ4v) is 7.26. The molecule has 7 aromatic rings. The summed E-state index contributed by atoms with van der Waals surface area (Å²) in [5.74, 6) is 0.541. The highest BCUT2D eigenvalue weighted by Crippen LogP contribution is 2.41. The minimum absolute atomic E-state index is 0.541. The lowest BCUT2D eigenvalue weighted by Crippen LogP contribution is -2.39. The van der Waals surface area contributed by atoms with Crippen LogP contribution in [0.15, 0.2) is 140 Å². The van der Waals surface area contributed by atoms with E-state index in [1.807, 2.05) is 86.6 Å². The lowest BCUT2D eigenvalue weighted by molar-refractivity contribution is 0.396. The van der Waals surface area contributed by atoms with E-state index in [0.29, 0.717) is 22.4 Å². The summed E-state index contributed by atoms with van der Waals surface area (Å²) in [6.45, 7) is 4.66. The van der Waals surface area contributed by atoms with Crippen LogP contribution >= 0.6 is 23.2 Å². The van der Waals surface area contributed by atoms with Crippen molar-refractivity contribution in [3.05, 3.63) is 183 Å². The Kier molecular flexibility index (Phi) is 9.74. The number of aryl methyl sites for hydroxylation is 2. The van der Waals surface area contributed by atoms with E-state index in [1.165, 1.54) is 0 Å². The van der Waals surface area contributed by atoms with Crippen molar-refractivity contribution in [2.24, 2.45) is 0 Å². The van der Waals surface area contributed by atoms with Gasteiger partial charge in [-0.25, -0.2) is 0 Å². The maximum Gasteiger partial charge on any atom is 0.205 e. The van der Waals surface area contributed by atoms with Gasteiger partial charge in [-0.3, -0.25) is 4.98 Å². The average Bonchev–Trinajstić information content (AvgIpc) is 3.67. The van der Waals surface area contributed by atoms with Gasteiger partial charge in [0.25, 0.3) is 0 Å². The van der Waals surface area contributed by atoms with E-state index >= 15 is 0 Å². The molecule has 0 unspecified atom stereocenters. The van der Waals surface area contributed by atoms with Gasteiger partial charge in [0.15, 0.2) is 5.54 Å². The van der Waals surface area contributed by atoms with Crippen molar-refractivity contribution < 1.29 is 0 Å². The SMILES string of the molecule is CCc1nc(CC)c(Cl)c(NCc2ccc(-c3ccccc3-c3nnn(C(c4ccccc4)(c4ccccc4)c4ccccc4)n3)cc2)c1Cl. The Morgan fingerprint density at radius 2 is 1.08 bits per heavy atom. The fraction of sp³-hybridized carbons (Fsp3) is 0.143. The summed E-state index contributed by atoms with van der Waals surface area (Å²) in [4.78, 5) is 6.40. The van der Waals surface area contributed by atoms with Crippen LogP contribution in [0.4, 0.5) is 5.69 Å². The van der Waals surface area contributed by atoms with Crippen LogP contribution in [0.25, 0.3) is 22.5 Å². The molecule has 50 heavy (non-hydrogen) atoms. The molecule has 0 aliphatic heterocycles. The summed E-state index contributed by atoms with van der Waals surface area (Å²) in [5.41, 5.74) is 8.71. The highest BCUT2D eigenvalue weighted by atomic mass is 35.5. The first-order valence-electron chi connectivity index (χ1n) is 16.8. The van der Waals surface area contributed by atoms with Crippen LogP contribution in [0.3, 0.4) is 0 Å². The van der Waals surface area contributed by atoms with Gasteiger partial charge in [-0.1, -0.05) is 177 Å². The Labute approximate surface area is 302 Å². The predicted molar refractivity (Wildman–Crippen MR) is 204 cm³/mol. The fourth-order valence-electron chi connectivity index (χ4n) is 6.54. The third-order valence-corrected chi connectivity index (χ3v) is 9.89. The van der Waals surface area contributed by atoms with E-state index in [2.05, 4.69) is 77.0 Å². The summed E-state index contributed by atoms with van der Waals surface area (Å²) < 4.78 is 0. The van der Waals surface area contributed by atoms with Crippen LogP contribution in [0.1, 0.15) is 47.5 Å². The first kappa shape index (κ1) is 33.2. The highest BCUT2D eigenvalue weighted by Gasteiger charge is 2.41. The summed E-state index contributed by atoms with van der Waals surface area (Å²) in [6.07, 6.45) is 1.47. The number of aromatic nitrogens is 5. The lowest BCUT2D eigenvalue weighted by atomic mass is 9.77. The smallest absolute Gasteiger partial charge is 0.205 e. The normalized spacial score (nSPS) is 11.4. The van der Waals surface area contributed by atoms with Gasteiger partial charge in [-0.2, -0.15) is 0 Å². The maximum absolute atomic E-state index is 6.70. The maximum atomic E-state index is 6.70. The van der Waals surface area contributed by atoms with Gasteiger partial charge in [0.1, 0.15) is 0 Å². The van der Waals surface area contributed by atoms with Gasteiger partial charge in [0.05, 0.1) is 27.1 Å². The molecule has 248 valence electrons. The lowest BCUT2D eigenvalue weighted by Gasteiger charge is -2.34. The molecule has 0 aliphatic rings. The molecular weight excluding hydrogens is 659 g/mol. The quantitative estimate of drug-likeness (QED) is 0.137. The van der Waals surface area contributed by atoms with Gasteiger partial charge in [-0.15, -0.1) is 15.0 Å². The van der Waals surface area contributed by atoms with Crippen LogP contribution in [0.5, 0.6) is 0 Å². The Morgan fingerprint density at radius 1 is 0.600 bits per heavy atom. The summed E-state index contributed by atoms with van der Waals surface area (Å²) in [7, 11) is 0. The van der Waals surface area contributed by atoms with Crippen molar-refractivity contribution in [1.29, 1.82) is 0 Å². The number of nitrogens with zero attached hydrogens (tertiary/aromatic N) is 5. The number of nitrogens with one attached hydrogen (secondary N) is 1. The molecule has 0 atom stereocenters. The van der Waals surface area contributed by atoms with Crippen LogP contribution in [-0.2, 0) is 24.9 Å².